The van der Waals surface area contributed by atoms with Gasteiger partial charge in [0, 0.05) is 17.7 Å². The smallest absolute Gasteiger partial charge is 0.251 e. The molecule has 3 aromatic rings. The van der Waals surface area contributed by atoms with Crippen molar-refractivity contribution in [1.82, 2.24) is 5.32 Å². The number of anilines is 1. The second-order valence-electron chi connectivity index (χ2n) is 6.33. The van der Waals surface area contributed by atoms with Crippen LogP contribution in [0.4, 0.5) is 10.1 Å². The van der Waals surface area contributed by atoms with Crippen LogP contribution in [0.3, 0.4) is 0 Å². The van der Waals surface area contributed by atoms with Gasteiger partial charge in [-0.3, -0.25) is 9.52 Å². The van der Waals surface area contributed by atoms with Crippen LogP contribution in [-0.2, 0) is 17.5 Å². The Bertz CT molecular complexity index is 1190. The molecule has 0 saturated carbocycles. The Balaban J connectivity index is 1.95. The minimum absolute atomic E-state index is 0.0722. The molecule has 4 rings (SSSR count). The number of benzene rings is 3. The van der Waals surface area contributed by atoms with Gasteiger partial charge in [0.15, 0.2) is 16.7 Å². The molecule has 1 unspecified atom stereocenters. The van der Waals surface area contributed by atoms with Gasteiger partial charge in [0.25, 0.3) is 5.91 Å². The summed E-state index contributed by atoms with van der Waals surface area (Å²) in [5.41, 5.74) is 1.99. The van der Waals surface area contributed by atoms with Gasteiger partial charge in [-0.15, -0.1) is 0 Å². The number of fused-ring (bicyclic) bond motifs is 6. The summed E-state index contributed by atoms with van der Waals surface area (Å²) in [6, 6.07) is 12.3. The number of nitrogens with one attached hydrogen (secondary N) is 2. The van der Waals surface area contributed by atoms with Gasteiger partial charge in [0.2, 0.25) is 0 Å². The van der Waals surface area contributed by atoms with E-state index in [1.807, 2.05) is 12.1 Å². The maximum atomic E-state index is 14.5. The highest BCUT2D eigenvalue weighted by molar-refractivity contribution is 7.86. The second-order valence-corrected chi connectivity index (χ2v) is 8.32. The lowest BCUT2D eigenvalue weighted by molar-refractivity contribution is 0.0950. The highest BCUT2D eigenvalue weighted by Gasteiger charge is 2.21. The molecule has 1 amide bonds. The maximum Gasteiger partial charge on any atom is 0.251 e. The number of halogens is 3. The standard InChI is InChI=1S/C20H13Cl2FN2O3S/c21-14-8-16(23)17-7-13(14)12-4-2-1-3-10(12)9-24-20(27)11-5-15(22)19(26)18(6-11)29(28)25-17/h1-8,25-26H,9H2,(H,24,27). The van der Waals surface area contributed by atoms with Gasteiger partial charge in [-0.1, -0.05) is 47.5 Å². The number of phenolic OH excluding ortho intramolecular Hbond substituents is 1. The predicted molar refractivity (Wildman–Crippen MR) is 111 cm³/mol. The summed E-state index contributed by atoms with van der Waals surface area (Å²) in [5, 5.41) is 13.0. The zero-order chi connectivity index (χ0) is 20.7. The minimum atomic E-state index is -2.10. The number of amides is 1. The van der Waals surface area contributed by atoms with Gasteiger partial charge >= 0.3 is 0 Å². The predicted octanol–water partition coefficient (Wildman–Crippen LogP) is 4.88. The first-order valence-corrected chi connectivity index (χ1v) is 10.3. The SMILES string of the molecule is O=C1NCc2ccccc2-c2cc(c(F)cc2Cl)NS(=O)c2cc1cc(Cl)c2O. The Morgan fingerprint density at radius 1 is 1.03 bits per heavy atom. The average molecular weight is 451 g/mol. The molecule has 3 aromatic carbocycles. The highest BCUT2D eigenvalue weighted by atomic mass is 35.5. The van der Waals surface area contributed by atoms with Crippen LogP contribution < -0.4 is 10.0 Å². The molecular formula is C20H13Cl2FN2O3S. The Morgan fingerprint density at radius 2 is 1.79 bits per heavy atom. The minimum Gasteiger partial charge on any atom is -0.505 e. The Hall–Kier alpha value is -2.61. The van der Waals surface area contributed by atoms with Gasteiger partial charge in [0.05, 0.1) is 15.7 Å². The fourth-order valence-corrected chi connectivity index (χ4v) is 4.56. The lowest BCUT2D eigenvalue weighted by Gasteiger charge is -2.14. The molecule has 0 spiro atoms. The van der Waals surface area contributed by atoms with Crippen molar-refractivity contribution < 1.29 is 18.5 Å². The van der Waals surface area contributed by atoms with Crippen molar-refractivity contribution in [2.45, 2.75) is 11.4 Å². The number of carbonyl (C=O) groups excluding carboxylic acids is 1. The molecule has 0 aliphatic carbocycles. The van der Waals surface area contributed by atoms with Crippen LogP contribution in [0.5, 0.6) is 5.75 Å². The van der Waals surface area contributed by atoms with E-state index in [4.69, 9.17) is 23.2 Å². The molecule has 29 heavy (non-hydrogen) atoms. The Morgan fingerprint density at radius 3 is 2.59 bits per heavy atom. The molecule has 1 heterocycles. The van der Waals surface area contributed by atoms with Crippen molar-refractivity contribution in [1.29, 1.82) is 0 Å². The molecule has 4 bridgehead atoms. The summed E-state index contributed by atoms with van der Waals surface area (Å²) >= 11 is 12.3. The van der Waals surface area contributed by atoms with E-state index in [0.717, 1.165) is 11.6 Å². The number of hydrogen-bond acceptors (Lipinski definition) is 3. The first-order chi connectivity index (χ1) is 13.8. The monoisotopic (exact) mass is 450 g/mol. The third-order valence-corrected chi connectivity index (χ3v) is 6.21. The summed E-state index contributed by atoms with van der Waals surface area (Å²) in [6.07, 6.45) is 0. The molecule has 0 radical (unpaired) electrons. The van der Waals surface area contributed by atoms with Crippen LogP contribution in [-0.4, -0.2) is 15.2 Å². The molecule has 9 heteroatoms. The molecule has 0 fully saturated rings. The normalized spacial score (nSPS) is 15.8. The number of rotatable bonds is 0. The molecule has 3 N–H and O–H groups in total. The van der Waals surface area contributed by atoms with E-state index >= 15 is 0 Å². The van der Waals surface area contributed by atoms with E-state index in [0.29, 0.717) is 11.1 Å². The number of hydrogen-bond donors (Lipinski definition) is 3. The van der Waals surface area contributed by atoms with Crippen LogP contribution in [0.25, 0.3) is 11.1 Å². The zero-order valence-electron chi connectivity index (χ0n) is 14.6. The molecule has 0 aromatic heterocycles. The first kappa shape index (κ1) is 19.7. The van der Waals surface area contributed by atoms with E-state index in [-0.39, 0.29) is 32.7 Å². The molecule has 1 atom stereocenters. The quantitative estimate of drug-likeness (QED) is 0.456. The fourth-order valence-electron chi connectivity index (χ4n) is 3.05. The number of carbonyl (C=O) groups is 1. The van der Waals surface area contributed by atoms with Crippen LogP contribution in [0, 0.1) is 5.82 Å². The fraction of sp³-hybridized carbons (Fsp3) is 0.0500. The van der Waals surface area contributed by atoms with E-state index in [1.54, 1.807) is 12.1 Å². The van der Waals surface area contributed by atoms with Crippen molar-refractivity contribution in [3.05, 3.63) is 75.5 Å². The van der Waals surface area contributed by atoms with Gasteiger partial charge in [0.1, 0.15) is 10.7 Å². The highest BCUT2D eigenvalue weighted by Crippen LogP contribution is 2.37. The van der Waals surface area contributed by atoms with E-state index in [9.17, 15) is 18.5 Å². The summed E-state index contributed by atoms with van der Waals surface area (Å²) in [5.74, 6) is -1.64. The van der Waals surface area contributed by atoms with Gasteiger partial charge in [-0.25, -0.2) is 8.60 Å². The lowest BCUT2D eigenvalue weighted by Crippen LogP contribution is -2.23. The summed E-state index contributed by atoms with van der Waals surface area (Å²) < 4.78 is 29.8. The summed E-state index contributed by atoms with van der Waals surface area (Å²) in [6.45, 7) is 0.169. The zero-order valence-corrected chi connectivity index (χ0v) is 17.0. The van der Waals surface area contributed by atoms with Crippen molar-refractivity contribution in [2.24, 2.45) is 0 Å². The van der Waals surface area contributed by atoms with Gasteiger partial charge in [-0.2, -0.15) is 0 Å². The molecule has 148 valence electrons. The van der Waals surface area contributed by atoms with Crippen LogP contribution >= 0.6 is 23.2 Å². The molecular weight excluding hydrogens is 438 g/mol. The van der Waals surface area contributed by atoms with Crippen molar-refractivity contribution in [2.75, 3.05) is 4.72 Å². The van der Waals surface area contributed by atoms with Gasteiger partial charge < -0.3 is 10.4 Å². The largest absolute Gasteiger partial charge is 0.505 e. The Kier molecular flexibility index (Phi) is 5.21. The maximum absolute atomic E-state index is 14.5. The van der Waals surface area contributed by atoms with Crippen LogP contribution in [0.15, 0.2) is 53.4 Å². The first-order valence-electron chi connectivity index (χ1n) is 8.41. The van der Waals surface area contributed by atoms with Crippen molar-refractivity contribution in [3.63, 3.8) is 0 Å². The van der Waals surface area contributed by atoms with E-state index < -0.39 is 28.5 Å². The third kappa shape index (κ3) is 3.69. The topological polar surface area (TPSA) is 78.4 Å². The summed E-state index contributed by atoms with van der Waals surface area (Å²) in [7, 11) is -2.10. The molecule has 1 aliphatic heterocycles. The lowest BCUT2D eigenvalue weighted by atomic mass is 9.99. The van der Waals surface area contributed by atoms with E-state index in [1.165, 1.54) is 18.2 Å². The Labute approximate surface area is 178 Å². The van der Waals surface area contributed by atoms with E-state index in [2.05, 4.69) is 10.0 Å². The number of aromatic hydroxyl groups is 1. The summed E-state index contributed by atoms with van der Waals surface area (Å²) in [4.78, 5) is 12.5. The third-order valence-electron chi connectivity index (χ3n) is 4.50. The van der Waals surface area contributed by atoms with Crippen LogP contribution in [0.1, 0.15) is 15.9 Å². The van der Waals surface area contributed by atoms with Crippen LogP contribution in [0.2, 0.25) is 10.0 Å². The second kappa shape index (κ2) is 7.67. The molecule has 5 nitrogen and oxygen atoms in total. The van der Waals surface area contributed by atoms with Gasteiger partial charge in [-0.05, 0) is 35.4 Å². The molecule has 1 aliphatic rings. The molecule has 0 saturated heterocycles. The van der Waals surface area contributed by atoms with Crippen molar-refractivity contribution >= 4 is 45.8 Å². The van der Waals surface area contributed by atoms with Crippen molar-refractivity contribution in [3.8, 4) is 16.9 Å². The number of phenols is 1. The average Bonchev–Trinajstić information content (AvgIpc) is 2.70.